The first-order chi connectivity index (χ1) is 12.3. The zero-order valence-electron chi connectivity index (χ0n) is 14.3. The zero-order valence-corrected chi connectivity index (χ0v) is 16.7. The molecule has 0 aromatic heterocycles. The van der Waals surface area contributed by atoms with Gasteiger partial charge in [-0.05, 0) is 55.5 Å². The predicted octanol–water partition coefficient (Wildman–Crippen LogP) is 3.14. The first kappa shape index (κ1) is 19.1. The maximum absolute atomic E-state index is 12.6. The van der Waals surface area contributed by atoms with E-state index >= 15 is 0 Å². The van der Waals surface area contributed by atoms with Crippen molar-refractivity contribution in [2.45, 2.75) is 22.6 Å². The number of sulfonamides is 2. The average Bonchev–Trinajstić information content (AvgIpc) is 2.62. The molecule has 0 unspecified atom stereocenters. The van der Waals surface area contributed by atoms with Crippen molar-refractivity contribution in [3.05, 3.63) is 48.5 Å². The van der Waals surface area contributed by atoms with Gasteiger partial charge in [0.2, 0.25) is 10.0 Å². The topological polar surface area (TPSA) is 83.6 Å². The van der Waals surface area contributed by atoms with E-state index in [0.717, 1.165) is 11.3 Å². The minimum Gasteiger partial charge on any atom is -0.278 e. The van der Waals surface area contributed by atoms with Crippen LogP contribution in [-0.4, -0.2) is 35.4 Å². The van der Waals surface area contributed by atoms with Crippen LogP contribution in [0.1, 0.15) is 12.8 Å². The SMILES string of the molecule is CSc1ccccc1NS(=O)(=O)c1ccc(N2CCCCS2(=O)=O)cc1. The molecule has 1 heterocycles. The third kappa shape index (κ3) is 3.99. The summed E-state index contributed by atoms with van der Waals surface area (Å²) in [4.78, 5) is 0.915. The van der Waals surface area contributed by atoms with E-state index in [1.54, 1.807) is 12.1 Å². The summed E-state index contributed by atoms with van der Waals surface area (Å²) in [6.07, 6.45) is 3.33. The molecule has 1 saturated heterocycles. The molecule has 0 bridgehead atoms. The van der Waals surface area contributed by atoms with Crippen molar-refractivity contribution >= 4 is 43.2 Å². The van der Waals surface area contributed by atoms with E-state index in [4.69, 9.17) is 0 Å². The van der Waals surface area contributed by atoms with E-state index in [2.05, 4.69) is 4.72 Å². The number of nitrogens with one attached hydrogen (secondary N) is 1. The van der Waals surface area contributed by atoms with Gasteiger partial charge in [-0.25, -0.2) is 16.8 Å². The van der Waals surface area contributed by atoms with Crippen LogP contribution in [0.4, 0.5) is 11.4 Å². The highest BCUT2D eigenvalue weighted by molar-refractivity contribution is 7.99. The Morgan fingerprint density at radius 2 is 1.73 bits per heavy atom. The Hall–Kier alpha value is -1.71. The van der Waals surface area contributed by atoms with Crippen molar-refractivity contribution in [3.63, 3.8) is 0 Å². The quantitative estimate of drug-likeness (QED) is 0.763. The molecule has 0 atom stereocenters. The van der Waals surface area contributed by atoms with Gasteiger partial charge >= 0.3 is 0 Å². The first-order valence-corrected chi connectivity index (χ1v) is 12.4. The highest BCUT2D eigenvalue weighted by Gasteiger charge is 2.26. The number of benzene rings is 2. The van der Waals surface area contributed by atoms with Crippen LogP contribution >= 0.6 is 11.8 Å². The minimum atomic E-state index is -3.75. The number of thioether (sulfide) groups is 1. The Labute approximate surface area is 158 Å². The van der Waals surface area contributed by atoms with Gasteiger partial charge in [-0.2, -0.15) is 0 Å². The van der Waals surface area contributed by atoms with E-state index in [0.29, 0.717) is 24.3 Å². The molecule has 1 fully saturated rings. The summed E-state index contributed by atoms with van der Waals surface area (Å²) in [5.41, 5.74) is 1.01. The fourth-order valence-corrected chi connectivity index (χ4v) is 6.14. The largest absolute Gasteiger partial charge is 0.278 e. The molecule has 26 heavy (non-hydrogen) atoms. The Balaban J connectivity index is 1.85. The van der Waals surface area contributed by atoms with Crippen molar-refractivity contribution in [1.82, 2.24) is 0 Å². The Morgan fingerprint density at radius 1 is 1.04 bits per heavy atom. The third-order valence-corrected chi connectivity index (χ3v) is 8.18. The van der Waals surface area contributed by atoms with Gasteiger partial charge in [0, 0.05) is 11.4 Å². The van der Waals surface area contributed by atoms with Crippen LogP contribution < -0.4 is 9.03 Å². The van der Waals surface area contributed by atoms with Crippen molar-refractivity contribution in [1.29, 1.82) is 0 Å². The monoisotopic (exact) mass is 412 g/mol. The highest BCUT2D eigenvalue weighted by Crippen LogP contribution is 2.28. The number of nitrogens with zero attached hydrogens (tertiary/aromatic N) is 1. The van der Waals surface area contributed by atoms with Crippen molar-refractivity contribution in [2.24, 2.45) is 0 Å². The molecule has 0 radical (unpaired) electrons. The van der Waals surface area contributed by atoms with E-state index in [9.17, 15) is 16.8 Å². The lowest BCUT2D eigenvalue weighted by atomic mass is 10.3. The molecule has 9 heteroatoms. The van der Waals surface area contributed by atoms with Crippen LogP contribution in [0, 0.1) is 0 Å². The zero-order chi connectivity index (χ0) is 18.8. The fraction of sp³-hybridized carbons (Fsp3) is 0.294. The molecule has 2 aromatic carbocycles. The summed E-state index contributed by atoms with van der Waals surface area (Å²) in [5.74, 6) is 0.125. The lowest BCUT2D eigenvalue weighted by Crippen LogP contribution is -2.37. The predicted molar refractivity (Wildman–Crippen MR) is 106 cm³/mol. The highest BCUT2D eigenvalue weighted by atomic mass is 32.2. The molecule has 140 valence electrons. The molecule has 0 aliphatic carbocycles. The van der Waals surface area contributed by atoms with Gasteiger partial charge in [-0.1, -0.05) is 12.1 Å². The first-order valence-electron chi connectivity index (χ1n) is 8.10. The molecule has 1 N–H and O–H groups in total. The van der Waals surface area contributed by atoms with Crippen LogP contribution in [0.5, 0.6) is 0 Å². The number of para-hydroxylation sites is 1. The molecule has 0 amide bonds. The number of rotatable bonds is 5. The van der Waals surface area contributed by atoms with Gasteiger partial charge in [0.15, 0.2) is 0 Å². The van der Waals surface area contributed by atoms with Gasteiger partial charge in [0.25, 0.3) is 10.0 Å². The third-order valence-electron chi connectivity index (χ3n) is 4.14. The van der Waals surface area contributed by atoms with Gasteiger partial charge in [0.05, 0.1) is 22.0 Å². The number of hydrogen-bond acceptors (Lipinski definition) is 5. The van der Waals surface area contributed by atoms with Gasteiger partial charge < -0.3 is 0 Å². The van der Waals surface area contributed by atoms with Gasteiger partial charge in [-0.15, -0.1) is 11.8 Å². The smallest absolute Gasteiger partial charge is 0.261 e. The summed E-state index contributed by atoms with van der Waals surface area (Å²) >= 11 is 1.45. The molecule has 0 saturated carbocycles. The van der Waals surface area contributed by atoms with Crippen LogP contribution in [0.3, 0.4) is 0 Å². The van der Waals surface area contributed by atoms with E-state index < -0.39 is 20.0 Å². The second kappa shape index (κ2) is 7.50. The molecule has 3 rings (SSSR count). The second-order valence-corrected chi connectivity index (χ2v) is 10.4. The van der Waals surface area contributed by atoms with E-state index in [1.165, 1.54) is 40.3 Å². The summed E-state index contributed by atoms with van der Waals surface area (Å²) in [6.45, 7) is 0.424. The molecular weight excluding hydrogens is 392 g/mol. The number of hydrogen-bond donors (Lipinski definition) is 1. The molecule has 0 spiro atoms. The maximum Gasteiger partial charge on any atom is 0.261 e. The van der Waals surface area contributed by atoms with E-state index in [1.807, 2.05) is 18.4 Å². The van der Waals surface area contributed by atoms with Crippen LogP contribution in [0.25, 0.3) is 0 Å². The summed E-state index contributed by atoms with van der Waals surface area (Å²) in [7, 11) is -7.07. The molecular formula is C17H20N2O4S3. The maximum atomic E-state index is 12.6. The molecule has 2 aromatic rings. The normalized spacial score (nSPS) is 17.0. The van der Waals surface area contributed by atoms with Gasteiger partial charge in [-0.3, -0.25) is 9.03 Å². The minimum absolute atomic E-state index is 0.0894. The molecule has 6 nitrogen and oxygen atoms in total. The lowest BCUT2D eigenvalue weighted by Gasteiger charge is -2.28. The molecule has 1 aliphatic heterocycles. The summed E-state index contributed by atoms with van der Waals surface area (Å²) in [5, 5.41) is 0. The van der Waals surface area contributed by atoms with Crippen molar-refractivity contribution < 1.29 is 16.8 Å². The van der Waals surface area contributed by atoms with Crippen molar-refractivity contribution in [2.75, 3.05) is 27.6 Å². The lowest BCUT2D eigenvalue weighted by molar-refractivity contribution is 0.574. The van der Waals surface area contributed by atoms with Crippen LogP contribution in [0.2, 0.25) is 0 Å². The number of anilines is 2. The Morgan fingerprint density at radius 3 is 2.38 bits per heavy atom. The molecule has 1 aliphatic rings. The standard InChI is InChI=1S/C17H20N2O4S3/c1-24-17-7-3-2-6-16(17)18-26(22,23)15-10-8-14(9-11-15)19-12-4-5-13-25(19,20)21/h2-3,6-11,18H,4-5,12-13H2,1H3. The van der Waals surface area contributed by atoms with Crippen LogP contribution in [0.15, 0.2) is 58.3 Å². The second-order valence-electron chi connectivity index (χ2n) is 5.89. The van der Waals surface area contributed by atoms with Crippen LogP contribution in [-0.2, 0) is 20.0 Å². The fourth-order valence-electron chi connectivity index (χ4n) is 2.80. The van der Waals surface area contributed by atoms with Gasteiger partial charge in [0.1, 0.15) is 0 Å². The van der Waals surface area contributed by atoms with Crippen molar-refractivity contribution in [3.8, 4) is 0 Å². The summed E-state index contributed by atoms with van der Waals surface area (Å²) < 4.78 is 53.5. The van der Waals surface area contributed by atoms with E-state index in [-0.39, 0.29) is 10.6 Å². The Bertz CT molecular complexity index is 987. The average molecular weight is 413 g/mol. The Kier molecular flexibility index (Phi) is 5.50. The summed E-state index contributed by atoms with van der Waals surface area (Å²) in [6, 6.07) is 13.1.